The van der Waals surface area contributed by atoms with Gasteiger partial charge in [-0.1, -0.05) is 11.6 Å². The van der Waals surface area contributed by atoms with Crippen molar-refractivity contribution >= 4 is 23.2 Å². The van der Waals surface area contributed by atoms with E-state index in [4.69, 9.17) is 22.1 Å². The van der Waals surface area contributed by atoms with Crippen molar-refractivity contribution in [3.8, 4) is 5.75 Å². The van der Waals surface area contributed by atoms with Crippen LogP contribution in [0, 0.1) is 0 Å². The molecule has 0 spiro atoms. The van der Waals surface area contributed by atoms with Crippen LogP contribution < -0.4 is 39.8 Å². The first-order chi connectivity index (χ1) is 8.74. The molecule has 0 heterocycles. The third-order valence-electron chi connectivity index (χ3n) is 2.63. The molecule has 0 saturated carbocycles. The minimum Gasteiger partial charge on any atom is -1.00 e. The monoisotopic (exact) mass is 413 g/mol. The summed E-state index contributed by atoms with van der Waals surface area (Å²) < 4.78 is 5.92. The molecule has 0 aliphatic carbocycles. The van der Waals surface area contributed by atoms with Crippen LogP contribution in [-0.4, -0.2) is 51.7 Å². The van der Waals surface area contributed by atoms with Gasteiger partial charge in [-0.25, -0.2) is 0 Å². The van der Waals surface area contributed by atoms with Gasteiger partial charge in [0.05, 0.1) is 57.6 Å². The van der Waals surface area contributed by atoms with Crippen LogP contribution >= 0.6 is 11.6 Å². The summed E-state index contributed by atoms with van der Waals surface area (Å²) >= 11 is 5.93. The van der Waals surface area contributed by atoms with Gasteiger partial charge in [0.25, 0.3) is 5.91 Å². The summed E-state index contributed by atoms with van der Waals surface area (Å²) in [5.41, 5.74) is 6.46. The third-order valence-corrected chi connectivity index (χ3v) is 2.96. The number of carbonyl (C=O) groups excluding carboxylic acids is 1. The van der Waals surface area contributed by atoms with Gasteiger partial charge < -0.3 is 44.2 Å². The Bertz CT molecular complexity index is 475. The highest BCUT2D eigenvalue weighted by molar-refractivity contribution is 6.33. The van der Waals surface area contributed by atoms with E-state index >= 15 is 0 Å². The zero-order valence-electron chi connectivity index (χ0n) is 12.2. The molecule has 0 atom stereocenters. The summed E-state index contributed by atoms with van der Waals surface area (Å²) in [6, 6.07) is 3.08. The number of anilines is 1. The van der Waals surface area contributed by atoms with Crippen molar-refractivity contribution in [3.05, 3.63) is 22.7 Å². The summed E-state index contributed by atoms with van der Waals surface area (Å²) in [7, 11) is 7.68. The van der Waals surface area contributed by atoms with E-state index in [1.54, 1.807) is 6.07 Å². The minimum absolute atomic E-state index is 0. The number of nitrogens with one attached hydrogen (secondary N) is 1. The first kappa shape index (κ1) is 19.3. The molecule has 1 rings (SSSR count). The molecule has 0 bridgehead atoms. The minimum atomic E-state index is -0.216. The fourth-order valence-electron chi connectivity index (χ4n) is 1.52. The largest absolute Gasteiger partial charge is 1.00 e. The SMILES string of the molecule is COc1cc(N)c(Cl)cc1C(=O)NCC[N+](C)(C)C.[I-]. The molecule has 5 nitrogen and oxygen atoms in total. The Hall–Kier alpha value is -0.730. The number of carbonyl (C=O) groups is 1. The molecule has 114 valence electrons. The number of benzene rings is 1. The van der Waals surface area contributed by atoms with Crippen molar-refractivity contribution < 1.29 is 38.0 Å². The Kier molecular flexibility index (Phi) is 7.61. The highest BCUT2D eigenvalue weighted by atomic mass is 127. The van der Waals surface area contributed by atoms with Crippen molar-refractivity contribution in [2.45, 2.75) is 0 Å². The third kappa shape index (κ3) is 5.72. The second-order valence-electron chi connectivity index (χ2n) is 5.34. The van der Waals surface area contributed by atoms with Gasteiger partial charge in [0.15, 0.2) is 0 Å². The number of halogens is 2. The summed E-state index contributed by atoms with van der Waals surface area (Å²) in [5.74, 6) is 0.205. The average molecular weight is 414 g/mol. The van der Waals surface area contributed by atoms with E-state index in [0.29, 0.717) is 28.6 Å². The first-order valence-corrected chi connectivity index (χ1v) is 6.34. The van der Waals surface area contributed by atoms with Gasteiger partial charge in [-0.2, -0.15) is 0 Å². The number of amides is 1. The lowest BCUT2D eigenvalue weighted by Gasteiger charge is -2.23. The van der Waals surface area contributed by atoms with Crippen LogP contribution in [-0.2, 0) is 0 Å². The highest BCUT2D eigenvalue weighted by Crippen LogP contribution is 2.28. The molecule has 0 radical (unpaired) electrons. The lowest BCUT2D eigenvalue weighted by Crippen LogP contribution is -3.00. The van der Waals surface area contributed by atoms with Gasteiger partial charge >= 0.3 is 0 Å². The lowest BCUT2D eigenvalue weighted by molar-refractivity contribution is -0.869. The first-order valence-electron chi connectivity index (χ1n) is 5.96. The summed E-state index contributed by atoms with van der Waals surface area (Å²) in [5, 5.41) is 3.19. The maximum atomic E-state index is 12.1. The highest BCUT2D eigenvalue weighted by Gasteiger charge is 2.15. The second-order valence-corrected chi connectivity index (χ2v) is 5.75. The van der Waals surface area contributed by atoms with Crippen molar-refractivity contribution in [1.29, 1.82) is 0 Å². The van der Waals surface area contributed by atoms with Crippen molar-refractivity contribution in [3.63, 3.8) is 0 Å². The fraction of sp³-hybridized carbons (Fsp3) is 0.462. The van der Waals surface area contributed by atoms with Gasteiger partial charge in [-0.05, 0) is 6.07 Å². The lowest BCUT2D eigenvalue weighted by atomic mass is 10.1. The van der Waals surface area contributed by atoms with Gasteiger partial charge in [-0.3, -0.25) is 4.79 Å². The van der Waals surface area contributed by atoms with E-state index in [1.165, 1.54) is 13.2 Å². The van der Waals surface area contributed by atoms with Crippen molar-refractivity contribution in [2.24, 2.45) is 0 Å². The molecule has 3 N–H and O–H groups in total. The second kappa shape index (κ2) is 7.90. The molecular formula is C13H21ClIN3O2. The topological polar surface area (TPSA) is 64.3 Å². The number of hydrogen-bond acceptors (Lipinski definition) is 3. The van der Waals surface area contributed by atoms with E-state index in [2.05, 4.69) is 26.5 Å². The molecule has 20 heavy (non-hydrogen) atoms. The number of quaternary nitrogens is 1. The summed E-state index contributed by atoms with van der Waals surface area (Å²) in [4.78, 5) is 12.1. The summed E-state index contributed by atoms with van der Waals surface area (Å²) in [6.07, 6.45) is 0. The predicted molar refractivity (Wildman–Crippen MR) is 77.6 cm³/mol. The zero-order valence-corrected chi connectivity index (χ0v) is 15.1. The Morgan fingerprint density at radius 3 is 2.50 bits per heavy atom. The molecule has 0 saturated heterocycles. The average Bonchev–Trinajstić information content (AvgIpc) is 2.30. The molecule has 1 aromatic rings. The van der Waals surface area contributed by atoms with Gasteiger partial charge in [0, 0.05) is 6.07 Å². The number of ether oxygens (including phenoxy) is 1. The van der Waals surface area contributed by atoms with Crippen LogP contribution in [0.3, 0.4) is 0 Å². The zero-order chi connectivity index (χ0) is 14.6. The van der Waals surface area contributed by atoms with E-state index in [1.807, 2.05) is 0 Å². The van der Waals surface area contributed by atoms with Crippen LogP contribution in [0.2, 0.25) is 5.02 Å². The van der Waals surface area contributed by atoms with Gasteiger partial charge in [-0.15, -0.1) is 0 Å². The molecule has 0 unspecified atom stereocenters. The Morgan fingerprint density at radius 1 is 1.40 bits per heavy atom. The molecule has 0 aromatic heterocycles. The molecule has 0 fully saturated rings. The van der Waals surface area contributed by atoms with Crippen LogP contribution in [0.5, 0.6) is 5.75 Å². The number of likely N-dealkylation sites (N-methyl/N-ethyl adjacent to an activating group) is 1. The van der Waals surface area contributed by atoms with Gasteiger partial charge in [0.1, 0.15) is 5.75 Å². The number of nitrogens with two attached hydrogens (primary N) is 1. The molecular weight excluding hydrogens is 393 g/mol. The maximum absolute atomic E-state index is 12.1. The molecule has 0 aliphatic heterocycles. The number of nitrogens with zero attached hydrogens (tertiary/aromatic N) is 1. The maximum Gasteiger partial charge on any atom is 0.255 e. The van der Waals surface area contributed by atoms with E-state index in [9.17, 15) is 4.79 Å². The number of rotatable bonds is 5. The molecule has 0 aliphatic rings. The van der Waals surface area contributed by atoms with Crippen LogP contribution in [0.4, 0.5) is 5.69 Å². The van der Waals surface area contributed by atoms with E-state index < -0.39 is 0 Å². The van der Waals surface area contributed by atoms with E-state index in [-0.39, 0.29) is 29.9 Å². The fourth-order valence-corrected chi connectivity index (χ4v) is 1.68. The Balaban J connectivity index is 0.00000361. The van der Waals surface area contributed by atoms with E-state index in [0.717, 1.165) is 11.0 Å². The molecule has 1 aromatic carbocycles. The smallest absolute Gasteiger partial charge is 0.255 e. The summed E-state index contributed by atoms with van der Waals surface area (Å²) in [6.45, 7) is 1.41. The Labute approximate surface area is 142 Å². The number of methoxy groups -OCH3 is 1. The standard InChI is InChI=1S/C13H20ClN3O2.HI/c1-17(2,3)6-5-16-13(18)9-7-10(14)11(15)8-12(9)19-4;/h7-8H,5-6H2,1-4H3,(H2-,15,16,18);1H. The molecule has 7 heteroatoms. The predicted octanol–water partition coefficient (Wildman–Crippen LogP) is -1.63. The van der Waals surface area contributed by atoms with Crippen LogP contribution in [0.1, 0.15) is 10.4 Å². The van der Waals surface area contributed by atoms with Gasteiger partial charge in [0.2, 0.25) is 0 Å². The van der Waals surface area contributed by atoms with Crippen molar-refractivity contribution in [1.82, 2.24) is 5.32 Å². The molecule has 1 amide bonds. The van der Waals surface area contributed by atoms with Crippen LogP contribution in [0.25, 0.3) is 0 Å². The number of hydrogen-bond donors (Lipinski definition) is 2. The quantitative estimate of drug-likeness (QED) is 0.346. The van der Waals surface area contributed by atoms with Crippen molar-refractivity contribution in [2.75, 3.05) is 47.1 Å². The Morgan fingerprint density at radius 2 is 2.00 bits per heavy atom. The number of nitrogen functional groups attached to an aromatic ring is 1. The van der Waals surface area contributed by atoms with Crippen LogP contribution in [0.15, 0.2) is 12.1 Å². The normalized spacial score (nSPS) is 10.7.